The fourth-order valence-corrected chi connectivity index (χ4v) is 1.58. The van der Waals surface area contributed by atoms with Crippen molar-refractivity contribution < 1.29 is 4.79 Å². The predicted molar refractivity (Wildman–Crippen MR) is 65.3 cm³/mol. The summed E-state index contributed by atoms with van der Waals surface area (Å²) in [5.74, 6) is -0.184. The highest BCUT2D eigenvalue weighted by Crippen LogP contribution is 2.18. The van der Waals surface area contributed by atoms with Crippen molar-refractivity contribution in [3.63, 3.8) is 0 Å². The number of nitriles is 1. The minimum atomic E-state index is -0.184. The van der Waals surface area contributed by atoms with Crippen LogP contribution in [0.5, 0.6) is 0 Å². The second-order valence-electron chi connectivity index (χ2n) is 3.02. The van der Waals surface area contributed by atoms with E-state index >= 15 is 0 Å². The van der Waals surface area contributed by atoms with Crippen molar-refractivity contribution in [1.82, 2.24) is 5.32 Å². The summed E-state index contributed by atoms with van der Waals surface area (Å²) < 4.78 is 0. The van der Waals surface area contributed by atoms with E-state index < -0.39 is 0 Å². The zero-order valence-electron chi connectivity index (χ0n) is 8.99. The van der Waals surface area contributed by atoms with Crippen LogP contribution in [0.2, 0.25) is 0 Å². The number of amides is 1. The molecule has 0 fully saturated rings. The first kappa shape index (κ1) is 12.4. The van der Waals surface area contributed by atoms with Crippen LogP contribution in [-0.4, -0.2) is 25.3 Å². The van der Waals surface area contributed by atoms with Crippen LogP contribution >= 0.6 is 11.8 Å². The first-order chi connectivity index (χ1) is 7.76. The van der Waals surface area contributed by atoms with Gasteiger partial charge >= 0.3 is 0 Å². The second kappa shape index (κ2) is 6.75. The highest BCUT2D eigenvalue weighted by Gasteiger charge is 2.00. The molecule has 5 heteroatoms. The lowest BCUT2D eigenvalue weighted by molar-refractivity contribution is -0.119. The van der Waals surface area contributed by atoms with Gasteiger partial charge < -0.3 is 10.6 Å². The van der Waals surface area contributed by atoms with Crippen molar-refractivity contribution in [3.8, 4) is 6.07 Å². The first-order valence-electron chi connectivity index (χ1n) is 4.78. The minimum Gasteiger partial charge on any atom is -0.376 e. The monoisotopic (exact) mass is 235 g/mol. The molecule has 0 atom stereocenters. The Bertz CT molecular complexity index is 400. The Labute approximate surface area is 99.0 Å². The van der Waals surface area contributed by atoms with Crippen LogP contribution in [0.15, 0.2) is 29.2 Å². The zero-order chi connectivity index (χ0) is 11.8. The fourth-order valence-electron chi connectivity index (χ4n) is 1.12. The summed E-state index contributed by atoms with van der Waals surface area (Å²) in [4.78, 5) is 12.3. The van der Waals surface area contributed by atoms with Crippen LogP contribution in [0.25, 0.3) is 0 Å². The molecule has 2 N–H and O–H groups in total. The minimum absolute atomic E-state index is 0.0470. The van der Waals surface area contributed by atoms with Crippen molar-refractivity contribution in [2.45, 2.75) is 4.90 Å². The van der Waals surface area contributed by atoms with Gasteiger partial charge in [-0.05, 0) is 24.5 Å². The molecule has 0 saturated carbocycles. The van der Waals surface area contributed by atoms with Crippen molar-refractivity contribution in [2.75, 3.05) is 24.7 Å². The van der Waals surface area contributed by atoms with Gasteiger partial charge in [0.05, 0.1) is 12.6 Å². The molecular weight excluding hydrogens is 222 g/mol. The molecule has 1 rings (SSSR count). The lowest BCUT2D eigenvalue weighted by Crippen LogP contribution is -2.29. The van der Waals surface area contributed by atoms with Gasteiger partial charge in [0.25, 0.3) is 0 Å². The largest absolute Gasteiger partial charge is 0.376 e. The number of rotatable bonds is 5. The lowest BCUT2D eigenvalue weighted by atomic mass is 10.3. The molecule has 1 amide bonds. The molecule has 0 radical (unpaired) electrons. The van der Waals surface area contributed by atoms with Gasteiger partial charge in [-0.25, -0.2) is 0 Å². The highest BCUT2D eigenvalue weighted by molar-refractivity contribution is 7.98. The topological polar surface area (TPSA) is 64.9 Å². The van der Waals surface area contributed by atoms with Gasteiger partial charge in [-0.3, -0.25) is 4.79 Å². The molecule has 0 bridgehead atoms. The molecule has 0 aliphatic heterocycles. The molecule has 84 valence electrons. The number of hydrogen-bond donors (Lipinski definition) is 2. The molecule has 1 aromatic carbocycles. The van der Waals surface area contributed by atoms with Crippen LogP contribution < -0.4 is 10.6 Å². The van der Waals surface area contributed by atoms with Crippen molar-refractivity contribution in [3.05, 3.63) is 24.3 Å². The predicted octanol–water partition coefficient (Wildman–Crippen LogP) is 1.46. The maximum atomic E-state index is 11.2. The van der Waals surface area contributed by atoms with E-state index in [4.69, 9.17) is 5.26 Å². The zero-order valence-corrected chi connectivity index (χ0v) is 9.80. The normalized spacial score (nSPS) is 9.25. The number of anilines is 1. The second-order valence-corrected chi connectivity index (χ2v) is 3.90. The molecule has 0 saturated heterocycles. The fraction of sp³-hybridized carbons (Fsp3) is 0.273. The molecule has 4 nitrogen and oxygen atoms in total. The van der Waals surface area contributed by atoms with Crippen LogP contribution in [0, 0.1) is 11.3 Å². The molecular formula is C11H13N3OS. The van der Waals surface area contributed by atoms with E-state index in [9.17, 15) is 4.79 Å². The van der Waals surface area contributed by atoms with Crippen LogP contribution in [0.3, 0.4) is 0 Å². The molecule has 0 spiro atoms. The summed E-state index contributed by atoms with van der Waals surface area (Å²) in [6, 6.07) is 9.66. The smallest absolute Gasteiger partial charge is 0.240 e. The van der Waals surface area contributed by atoms with E-state index in [1.165, 1.54) is 0 Å². The van der Waals surface area contributed by atoms with Gasteiger partial charge in [0.1, 0.15) is 6.54 Å². The van der Waals surface area contributed by atoms with Crippen molar-refractivity contribution in [1.29, 1.82) is 5.26 Å². The third-order valence-corrected chi connectivity index (χ3v) is 2.61. The number of nitrogens with zero attached hydrogens (tertiary/aromatic N) is 1. The van der Waals surface area contributed by atoms with Crippen molar-refractivity contribution in [2.24, 2.45) is 0 Å². The summed E-state index contributed by atoms with van der Waals surface area (Å²) >= 11 is 1.65. The lowest BCUT2D eigenvalue weighted by Gasteiger charge is -2.06. The average Bonchev–Trinajstić information content (AvgIpc) is 2.34. The Morgan fingerprint density at radius 1 is 1.56 bits per heavy atom. The molecule has 0 aliphatic rings. The number of thioether (sulfide) groups is 1. The summed E-state index contributed by atoms with van der Waals surface area (Å²) in [6.45, 7) is 0.227. The van der Waals surface area contributed by atoms with E-state index in [0.717, 1.165) is 10.6 Å². The van der Waals surface area contributed by atoms with E-state index in [1.54, 1.807) is 11.8 Å². The summed E-state index contributed by atoms with van der Waals surface area (Å²) in [5.41, 5.74) is 0.902. The number of carbonyl (C=O) groups is 1. The van der Waals surface area contributed by atoms with Crippen molar-refractivity contribution >= 4 is 23.4 Å². The third kappa shape index (κ3) is 4.24. The average molecular weight is 235 g/mol. The molecule has 16 heavy (non-hydrogen) atoms. The maximum Gasteiger partial charge on any atom is 0.240 e. The van der Waals surface area contributed by atoms with Gasteiger partial charge in [0, 0.05) is 10.6 Å². The molecule has 1 aromatic rings. The quantitative estimate of drug-likeness (QED) is 0.599. The Hall–Kier alpha value is -1.67. The SMILES string of the molecule is CSc1cccc(NCC(=O)NCC#N)c1. The van der Waals surface area contributed by atoms with Gasteiger partial charge in [-0.15, -0.1) is 11.8 Å². The van der Waals surface area contributed by atoms with Gasteiger partial charge in [0.2, 0.25) is 5.91 Å². The number of carbonyl (C=O) groups excluding carboxylic acids is 1. The molecule has 0 aliphatic carbocycles. The van der Waals surface area contributed by atoms with Crippen LogP contribution in [0.4, 0.5) is 5.69 Å². The standard InChI is InChI=1S/C11H13N3OS/c1-16-10-4-2-3-9(7-10)14-8-11(15)13-6-5-12/h2-4,7,14H,6,8H2,1H3,(H,13,15). The van der Waals surface area contributed by atoms with Gasteiger partial charge in [-0.1, -0.05) is 6.07 Å². The Kier molecular flexibility index (Phi) is 5.23. The van der Waals surface area contributed by atoms with Gasteiger partial charge in [-0.2, -0.15) is 5.26 Å². The Morgan fingerprint density at radius 2 is 2.38 bits per heavy atom. The molecule has 0 unspecified atom stereocenters. The number of benzene rings is 1. The summed E-state index contributed by atoms with van der Waals surface area (Å²) in [5, 5.41) is 13.7. The highest BCUT2D eigenvalue weighted by atomic mass is 32.2. The summed E-state index contributed by atoms with van der Waals surface area (Å²) in [6.07, 6.45) is 2.00. The van der Waals surface area contributed by atoms with E-state index in [-0.39, 0.29) is 19.0 Å². The van der Waals surface area contributed by atoms with Crippen LogP contribution in [0.1, 0.15) is 0 Å². The third-order valence-electron chi connectivity index (χ3n) is 1.89. The van der Waals surface area contributed by atoms with E-state index in [1.807, 2.05) is 36.6 Å². The van der Waals surface area contributed by atoms with Gasteiger partial charge in [0.15, 0.2) is 0 Å². The molecule has 0 aromatic heterocycles. The Balaban J connectivity index is 2.42. The maximum absolute atomic E-state index is 11.2. The molecule has 0 heterocycles. The first-order valence-corrected chi connectivity index (χ1v) is 6.00. The van der Waals surface area contributed by atoms with E-state index in [0.29, 0.717) is 0 Å². The number of hydrogen-bond acceptors (Lipinski definition) is 4. The summed E-state index contributed by atoms with van der Waals surface area (Å²) in [7, 11) is 0. The Morgan fingerprint density at radius 3 is 3.06 bits per heavy atom. The van der Waals surface area contributed by atoms with Crippen LogP contribution in [-0.2, 0) is 4.79 Å². The van der Waals surface area contributed by atoms with E-state index in [2.05, 4.69) is 10.6 Å². The number of nitrogens with one attached hydrogen (secondary N) is 2.